The summed E-state index contributed by atoms with van der Waals surface area (Å²) < 4.78 is 0. The van der Waals surface area contributed by atoms with Gasteiger partial charge in [-0.1, -0.05) is 0 Å². The standard InChI is InChI=1S/C4H9N3/c1-4(6-2)7-3-5/h3H,1-2H3,(H2,5,6,7). The maximum Gasteiger partial charge on any atom is 0.109 e. The van der Waals surface area contributed by atoms with Gasteiger partial charge in [0.25, 0.3) is 0 Å². The van der Waals surface area contributed by atoms with E-state index in [0.717, 1.165) is 12.2 Å². The minimum absolute atomic E-state index is 0.759. The van der Waals surface area contributed by atoms with Gasteiger partial charge in [0.05, 0.1) is 5.84 Å². The Morgan fingerprint density at radius 1 is 1.86 bits per heavy atom. The first-order chi connectivity index (χ1) is 3.31. The van der Waals surface area contributed by atoms with Gasteiger partial charge in [-0.15, -0.1) is 0 Å². The largest absolute Gasteiger partial charge is 0.377 e. The molecular weight excluding hydrogens is 90.1 g/mol. The SMILES string of the molecule is CN/C(C)=N\C=N. The first kappa shape index (κ1) is 6.14. The van der Waals surface area contributed by atoms with E-state index in [-0.39, 0.29) is 0 Å². The highest BCUT2D eigenvalue weighted by Gasteiger charge is 1.74. The fraction of sp³-hybridized carbons (Fsp3) is 0.500. The molecule has 0 aliphatic rings. The molecule has 0 saturated carbocycles. The highest BCUT2D eigenvalue weighted by Crippen LogP contribution is 1.61. The maximum atomic E-state index is 6.48. The van der Waals surface area contributed by atoms with Crippen LogP contribution in [0, 0.1) is 5.41 Å². The Bertz CT molecular complexity index is 84.9. The fourth-order valence-electron chi connectivity index (χ4n) is 0.161. The number of amidine groups is 1. The van der Waals surface area contributed by atoms with Gasteiger partial charge in [-0.3, -0.25) is 5.41 Å². The molecule has 0 aliphatic heterocycles. The van der Waals surface area contributed by atoms with Gasteiger partial charge in [-0.2, -0.15) is 0 Å². The third-order valence-corrected chi connectivity index (χ3v) is 0.620. The van der Waals surface area contributed by atoms with E-state index < -0.39 is 0 Å². The monoisotopic (exact) mass is 99.1 g/mol. The van der Waals surface area contributed by atoms with Crippen molar-refractivity contribution in [3.05, 3.63) is 0 Å². The predicted molar refractivity (Wildman–Crippen MR) is 31.0 cm³/mol. The molecule has 0 aromatic rings. The van der Waals surface area contributed by atoms with Gasteiger partial charge in [0.15, 0.2) is 0 Å². The number of nitrogens with one attached hydrogen (secondary N) is 2. The number of rotatable bonds is 1. The van der Waals surface area contributed by atoms with Crippen molar-refractivity contribution in [2.75, 3.05) is 7.05 Å². The predicted octanol–water partition coefficient (Wildman–Crippen LogP) is 0.231. The summed E-state index contributed by atoms with van der Waals surface area (Å²) >= 11 is 0. The Hall–Kier alpha value is -0.860. The zero-order valence-electron chi connectivity index (χ0n) is 4.52. The molecule has 0 aromatic heterocycles. The third kappa shape index (κ3) is 2.96. The van der Waals surface area contributed by atoms with Crippen LogP contribution in [0.5, 0.6) is 0 Å². The summed E-state index contributed by atoms with van der Waals surface area (Å²) in [6.07, 6.45) is 1.01. The summed E-state index contributed by atoms with van der Waals surface area (Å²) in [5.74, 6) is 0.759. The molecular formula is C4H9N3. The van der Waals surface area contributed by atoms with Gasteiger partial charge < -0.3 is 5.32 Å². The minimum Gasteiger partial charge on any atom is -0.377 e. The van der Waals surface area contributed by atoms with E-state index >= 15 is 0 Å². The molecule has 0 aromatic carbocycles. The molecule has 40 valence electrons. The summed E-state index contributed by atoms with van der Waals surface area (Å²) in [7, 11) is 1.77. The van der Waals surface area contributed by atoms with Crippen LogP contribution in [0.1, 0.15) is 6.92 Å². The van der Waals surface area contributed by atoms with Crippen LogP contribution in [0.3, 0.4) is 0 Å². The lowest BCUT2D eigenvalue weighted by Gasteiger charge is -1.90. The molecule has 0 rings (SSSR count). The van der Waals surface area contributed by atoms with Crippen molar-refractivity contribution in [3.8, 4) is 0 Å². The van der Waals surface area contributed by atoms with Crippen LogP contribution in [0.25, 0.3) is 0 Å². The Kier molecular flexibility index (Phi) is 2.92. The van der Waals surface area contributed by atoms with Crippen LogP contribution in [0.15, 0.2) is 4.99 Å². The van der Waals surface area contributed by atoms with Crippen molar-refractivity contribution >= 4 is 12.2 Å². The molecule has 0 fully saturated rings. The Balaban J connectivity index is 3.49. The molecule has 2 N–H and O–H groups in total. The van der Waals surface area contributed by atoms with E-state index in [2.05, 4.69) is 10.3 Å². The lowest BCUT2D eigenvalue weighted by molar-refractivity contribution is 1.16. The van der Waals surface area contributed by atoms with E-state index in [1.807, 2.05) is 0 Å². The zero-order valence-corrected chi connectivity index (χ0v) is 4.52. The van der Waals surface area contributed by atoms with Crippen LogP contribution in [0.4, 0.5) is 0 Å². The van der Waals surface area contributed by atoms with E-state index in [1.165, 1.54) is 0 Å². The maximum absolute atomic E-state index is 6.48. The first-order valence-electron chi connectivity index (χ1n) is 2.02. The quantitative estimate of drug-likeness (QED) is 0.359. The second-order valence-electron chi connectivity index (χ2n) is 1.09. The molecule has 0 amide bonds. The third-order valence-electron chi connectivity index (χ3n) is 0.620. The summed E-state index contributed by atoms with van der Waals surface area (Å²) in [6, 6.07) is 0. The van der Waals surface area contributed by atoms with E-state index in [4.69, 9.17) is 5.41 Å². The van der Waals surface area contributed by atoms with Crippen LogP contribution >= 0.6 is 0 Å². The lowest BCUT2D eigenvalue weighted by Crippen LogP contribution is -2.13. The fourth-order valence-corrected chi connectivity index (χ4v) is 0.161. The van der Waals surface area contributed by atoms with Crippen LogP contribution in [0.2, 0.25) is 0 Å². The van der Waals surface area contributed by atoms with E-state index in [1.54, 1.807) is 14.0 Å². The first-order valence-corrected chi connectivity index (χ1v) is 2.02. The van der Waals surface area contributed by atoms with Crippen molar-refractivity contribution < 1.29 is 0 Å². The highest BCUT2D eigenvalue weighted by molar-refractivity contribution is 5.85. The topological polar surface area (TPSA) is 48.2 Å². The van der Waals surface area contributed by atoms with Crippen LogP contribution in [-0.2, 0) is 0 Å². The molecule has 0 spiro atoms. The van der Waals surface area contributed by atoms with Crippen LogP contribution < -0.4 is 5.32 Å². The van der Waals surface area contributed by atoms with Gasteiger partial charge in [0.2, 0.25) is 0 Å². The molecule has 0 heterocycles. The van der Waals surface area contributed by atoms with Gasteiger partial charge in [-0.25, -0.2) is 4.99 Å². The lowest BCUT2D eigenvalue weighted by atomic mass is 10.7. The van der Waals surface area contributed by atoms with Gasteiger partial charge >= 0.3 is 0 Å². The normalized spacial score (nSPS) is 10.9. The smallest absolute Gasteiger partial charge is 0.109 e. The Labute approximate surface area is 43.0 Å². The Morgan fingerprint density at radius 2 is 2.43 bits per heavy atom. The minimum atomic E-state index is 0.759. The van der Waals surface area contributed by atoms with E-state index in [0.29, 0.717) is 0 Å². The van der Waals surface area contributed by atoms with Crippen molar-refractivity contribution in [1.82, 2.24) is 5.32 Å². The molecule has 0 atom stereocenters. The number of hydrogen-bond acceptors (Lipinski definition) is 1. The summed E-state index contributed by atoms with van der Waals surface area (Å²) in [5.41, 5.74) is 0. The van der Waals surface area contributed by atoms with Gasteiger partial charge in [-0.05, 0) is 6.92 Å². The van der Waals surface area contributed by atoms with Crippen molar-refractivity contribution in [2.24, 2.45) is 4.99 Å². The number of aliphatic imine (C=N–C) groups is 1. The molecule has 3 nitrogen and oxygen atoms in total. The number of hydrogen-bond donors (Lipinski definition) is 2. The van der Waals surface area contributed by atoms with Gasteiger partial charge in [0.1, 0.15) is 6.34 Å². The molecule has 0 bridgehead atoms. The average Bonchev–Trinajstić information content (AvgIpc) is 1.68. The molecule has 0 saturated heterocycles. The Morgan fingerprint density at radius 3 is 2.57 bits per heavy atom. The molecule has 7 heavy (non-hydrogen) atoms. The second-order valence-corrected chi connectivity index (χ2v) is 1.09. The number of nitrogens with zero attached hydrogens (tertiary/aromatic N) is 1. The summed E-state index contributed by atoms with van der Waals surface area (Å²) in [4.78, 5) is 3.59. The summed E-state index contributed by atoms with van der Waals surface area (Å²) in [6.45, 7) is 1.80. The zero-order chi connectivity index (χ0) is 5.70. The van der Waals surface area contributed by atoms with Crippen molar-refractivity contribution in [3.63, 3.8) is 0 Å². The molecule has 0 radical (unpaired) electrons. The average molecular weight is 99.1 g/mol. The highest BCUT2D eigenvalue weighted by atomic mass is 15.0. The second kappa shape index (κ2) is 3.33. The van der Waals surface area contributed by atoms with Gasteiger partial charge in [0, 0.05) is 7.05 Å². The molecule has 0 unspecified atom stereocenters. The summed E-state index contributed by atoms with van der Waals surface area (Å²) in [5, 5.41) is 9.25. The van der Waals surface area contributed by atoms with Crippen molar-refractivity contribution in [1.29, 1.82) is 5.41 Å². The van der Waals surface area contributed by atoms with E-state index in [9.17, 15) is 0 Å². The van der Waals surface area contributed by atoms with Crippen LogP contribution in [-0.4, -0.2) is 19.2 Å². The van der Waals surface area contributed by atoms with Crippen molar-refractivity contribution in [2.45, 2.75) is 6.92 Å². The molecule has 0 aliphatic carbocycles. The molecule has 3 heteroatoms.